The number of hydrogen-bond donors (Lipinski definition) is 1. The van der Waals surface area contributed by atoms with Gasteiger partial charge in [-0.3, -0.25) is 0 Å². The lowest BCUT2D eigenvalue weighted by Crippen LogP contribution is -2.31. The third-order valence-corrected chi connectivity index (χ3v) is 4.08. The molecule has 1 fully saturated rings. The Kier molecular flexibility index (Phi) is 4.63. The van der Waals surface area contributed by atoms with E-state index >= 15 is 0 Å². The van der Waals surface area contributed by atoms with Gasteiger partial charge in [-0.15, -0.1) is 0 Å². The van der Waals surface area contributed by atoms with Crippen molar-refractivity contribution in [3.8, 4) is 0 Å². The van der Waals surface area contributed by atoms with Gasteiger partial charge >= 0.3 is 0 Å². The first-order valence-electron chi connectivity index (χ1n) is 6.54. The molecule has 0 saturated carbocycles. The van der Waals surface area contributed by atoms with E-state index in [1.165, 1.54) is 19.3 Å². The topological polar surface area (TPSA) is 67.9 Å². The quantitative estimate of drug-likeness (QED) is 0.843. The molecule has 0 spiro atoms. The molecule has 1 aromatic rings. The molecular formula is C12H21N5S. The van der Waals surface area contributed by atoms with Gasteiger partial charge in [0.05, 0.1) is 0 Å². The molecule has 0 bridgehead atoms. The molecule has 100 valence electrons. The molecule has 0 aromatic carbocycles. The number of thioether (sulfide) groups is 1. The average molecular weight is 267 g/mol. The molecule has 1 aliphatic heterocycles. The van der Waals surface area contributed by atoms with E-state index < -0.39 is 0 Å². The summed E-state index contributed by atoms with van der Waals surface area (Å²) in [6, 6.07) is 0. The molecule has 0 amide bonds. The van der Waals surface area contributed by atoms with Crippen LogP contribution in [0.15, 0.2) is 5.16 Å². The lowest BCUT2D eigenvalue weighted by molar-refractivity contribution is 0.565. The highest BCUT2D eigenvalue weighted by atomic mass is 32.2. The number of nitrogen functional groups attached to an aromatic ring is 1. The maximum Gasteiger partial charge on any atom is 0.231 e. The van der Waals surface area contributed by atoms with E-state index in [1.54, 1.807) is 11.8 Å². The summed E-state index contributed by atoms with van der Waals surface area (Å²) in [5, 5.41) is 0.747. The zero-order valence-electron chi connectivity index (χ0n) is 11.1. The maximum absolute atomic E-state index is 5.77. The third kappa shape index (κ3) is 3.73. The van der Waals surface area contributed by atoms with Crippen LogP contribution in [-0.2, 0) is 0 Å². The molecular weight excluding hydrogens is 246 g/mol. The molecule has 0 unspecified atom stereocenters. The molecule has 1 saturated heterocycles. The van der Waals surface area contributed by atoms with Crippen LogP contribution in [0, 0.1) is 5.92 Å². The zero-order valence-corrected chi connectivity index (χ0v) is 11.9. The van der Waals surface area contributed by atoms with Crippen LogP contribution in [0.2, 0.25) is 0 Å². The Morgan fingerprint density at radius 3 is 2.56 bits per heavy atom. The molecule has 0 radical (unpaired) electrons. The van der Waals surface area contributed by atoms with Gasteiger partial charge < -0.3 is 10.6 Å². The highest BCUT2D eigenvalue weighted by Crippen LogP contribution is 2.21. The molecule has 1 aromatic heterocycles. The van der Waals surface area contributed by atoms with Crippen molar-refractivity contribution in [1.82, 2.24) is 15.0 Å². The van der Waals surface area contributed by atoms with E-state index in [9.17, 15) is 0 Å². The lowest BCUT2D eigenvalue weighted by atomic mass is 10.1. The van der Waals surface area contributed by atoms with Gasteiger partial charge in [0.1, 0.15) is 0 Å². The molecule has 0 aliphatic carbocycles. The number of hydrogen-bond acceptors (Lipinski definition) is 6. The molecule has 2 rings (SSSR count). The first kappa shape index (κ1) is 13.4. The van der Waals surface area contributed by atoms with Crippen LogP contribution in [0.1, 0.15) is 33.1 Å². The van der Waals surface area contributed by atoms with Crippen molar-refractivity contribution in [2.45, 2.75) is 38.3 Å². The van der Waals surface area contributed by atoms with Gasteiger partial charge in [0.25, 0.3) is 0 Å². The summed E-state index contributed by atoms with van der Waals surface area (Å²) in [6.45, 7) is 6.42. The number of rotatable bonds is 4. The van der Waals surface area contributed by atoms with Gasteiger partial charge in [-0.05, 0) is 25.2 Å². The number of nitrogens with two attached hydrogens (primary N) is 1. The van der Waals surface area contributed by atoms with Crippen molar-refractivity contribution in [2.24, 2.45) is 5.92 Å². The van der Waals surface area contributed by atoms with Crippen LogP contribution in [0.3, 0.4) is 0 Å². The summed E-state index contributed by atoms with van der Waals surface area (Å²) in [5.74, 6) is 2.69. The Hall–Kier alpha value is -1.04. The van der Waals surface area contributed by atoms with Crippen LogP contribution in [0.5, 0.6) is 0 Å². The highest BCUT2D eigenvalue weighted by Gasteiger charge is 2.15. The first-order chi connectivity index (χ1) is 8.65. The van der Waals surface area contributed by atoms with Crippen molar-refractivity contribution < 1.29 is 0 Å². The molecule has 5 nitrogen and oxygen atoms in total. The number of anilines is 2. The van der Waals surface area contributed by atoms with Crippen molar-refractivity contribution >= 4 is 23.7 Å². The minimum atomic E-state index is 0.330. The van der Waals surface area contributed by atoms with Crippen LogP contribution in [0.4, 0.5) is 11.9 Å². The predicted molar refractivity (Wildman–Crippen MR) is 75.9 cm³/mol. The summed E-state index contributed by atoms with van der Waals surface area (Å²) in [5.41, 5.74) is 5.77. The fourth-order valence-corrected chi connectivity index (χ4v) is 2.69. The number of aromatic nitrogens is 3. The Morgan fingerprint density at radius 1 is 1.17 bits per heavy atom. The number of piperidine rings is 1. The average Bonchev–Trinajstić information content (AvgIpc) is 2.37. The Morgan fingerprint density at radius 2 is 1.89 bits per heavy atom. The predicted octanol–water partition coefficient (Wildman–Crippen LogP) is 2.19. The molecule has 6 heteroatoms. The molecule has 2 heterocycles. The van der Waals surface area contributed by atoms with E-state index in [4.69, 9.17) is 5.73 Å². The van der Waals surface area contributed by atoms with Crippen molar-refractivity contribution in [3.05, 3.63) is 0 Å². The largest absolute Gasteiger partial charge is 0.368 e. The standard InChI is InChI=1S/C12H21N5S/c1-9(2)8-18-12-15-10(13)14-11(16-12)17-6-4-3-5-7-17/h9H,3-8H2,1-2H3,(H2,13,14,15,16). The van der Waals surface area contributed by atoms with Gasteiger partial charge in [0.15, 0.2) is 5.16 Å². The molecule has 18 heavy (non-hydrogen) atoms. The molecule has 2 N–H and O–H groups in total. The van der Waals surface area contributed by atoms with Gasteiger partial charge in [-0.2, -0.15) is 15.0 Å². The van der Waals surface area contributed by atoms with E-state index in [-0.39, 0.29) is 0 Å². The fourth-order valence-electron chi connectivity index (χ4n) is 1.90. The zero-order chi connectivity index (χ0) is 13.0. The first-order valence-corrected chi connectivity index (χ1v) is 7.53. The smallest absolute Gasteiger partial charge is 0.231 e. The van der Waals surface area contributed by atoms with Crippen molar-refractivity contribution in [1.29, 1.82) is 0 Å². The molecule has 1 aliphatic rings. The molecule has 0 atom stereocenters. The van der Waals surface area contributed by atoms with Gasteiger partial charge in [0.2, 0.25) is 11.9 Å². The maximum atomic E-state index is 5.77. The summed E-state index contributed by atoms with van der Waals surface area (Å²) in [4.78, 5) is 15.2. The monoisotopic (exact) mass is 267 g/mol. The van der Waals surface area contributed by atoms with Gasteiger partial charge in [-0.25, -0.2) is 0 Å². The summed E-state index contributed by atoms with van der Waals surface area (Å²) in [6.07, 6.45) is 3.71. The summed E-state index contributed by atoms with van der Waals surface area (Å²) < 4.78 is 0. The number of nitrogens with zero attached hydrogens (tertiary/aromatic N) is 4. The normalized spacial score (nSPS) is 16.3. The minimum absolute atomic E-state index is 0.330. The third-order valence-electron chi connectivity index (χ3n) is 2.81. The second-order valence-corrected chi connectivity index (χ2v) is 6.02. The second kappa shape index (κ2) is 6.22. The van der Waals surface area contributed by atoms with E-state index in [0.29, 0.717) is 11.9 Å². The Bertz CT molecular complexity index is 390. The van der Waals surface area contributed by atoms with Gasteiger partial charge in [-0.1, -0.05) is 25.6 Å². The second-order valence-electron chi connectivity index (χ2n) is 5.03. The minimum Gasteiger partial charge on any atom is -0.368 e. The van der Waals surface area contributed by atoms with Crippen LogP contribution >= 0.6 is 11.8 Å². The summed E-state index contributed by atoms with van der Waals surface area (Å²) >= 11 is 1.65. The Balaban J connectivity index is 2.09. The summed E-state index contributed by atoms with van der Waals surface area (Å²) in [7, 11) is 0. The SMILES string of the molecule is CC(C)CSc1nc(N)nc(N2CCCCC2)n1. The van der Waals surface area contributed by atoms with Crippen molar-refractivity contribution in [3.63, 3.8) is 0 Å². The highest BCUT2D eigenvalue weighted by molar-refractivity contribution is 7.99. The van der Waals surface area contributed by atoms with Crippen LogP contribution in [0.25, 0.3) is 0 Å². The van der Waals surface area contributed by atoms with E-state index in [2.05, 4.69) is 33.7 Å². The van der Waals surface area contributed by atoms with Crippen LogP contribution < -0.4 is 10.6 Å². The Labute approximate surface area is 113 Å². The fraction of sp³-hybridized carbons (Fsp3) is 0.750. The van der Waals surface area contributed by atoms with Crippen LogP contribution in [-0.4, -0.2) is 33.8 Å². The van der Waals surface area contributed by atoms with Crippen molar-refractivity contribution in [2.75, 3.05) is 29.5 Å². The van der Waals surface area contributed by atoms with E-state index in [0.717, 1.165) is 29.9 Å². The lowest BCUT2D eigenvalue weighted by Gasteiger charge is -2.26. The van der Waals surface area contributed by atoms with Gasteiger partial charge in [0, 0.05) is 18.8 Å². The van der Waals surface area contributed by atoms with E-state index in [1.807, 2.05) is 0 Å².